The fourth-order valence-electron chi connectivity index (χ4n) is 2.03. The minimum Gasteiger partial charge on any atom is -0.325 e. The molecule has 0 spiro atoms. The third-order valence-corrected chi connectivity index (χ3v) is 4.13. The number of nitrogens with zero attached hydrogens (tertiary/aromatic N) is 1. The summed E-state index contributed by atoms with van der Waals surface area (Å²) in [6, 6.07) is 5.84. The van der Waals surface area contributed by atoms with E-state index in [4.69, 9.17) is 0 Å². The van der Waals surface area contributed by atoms with Crippen LogP contribution in [0.25, 0.3) is 10.2 Å². The summed E-state index contributed by atoms with van der Waals surface area (Å²) < 4.78 is 1.11. The van der Waals surface area contributed by atoms with Gasteiger partial charge in [-0.3, -0.25) is 4.79 Å². The largest absolute Gasteiger partial charge is 0.325 e. The van der Waals surface area contributed by atoms with Gasteiger partial charge in [0.2, 0.25) is 5.91 Å². The van der Waals surface area contributed by atoms with E-state index in [0.29, 0.717) is 6.54 Å². The summed E-state index contributed by atoms with van der Waals surface area (Å²) in [5.41, 5.74) is 1.83. The van der Waals surface area contributed by atoms with Crippen LogP contribution >= 0.6 is 11.3 Å². The molecule has 1 aliphatic carbocycles. The molecule has 0 bridgehead atoms. The van der Waals surface area contributed by atoms with Crippen LogP contribution in [0.2, 0.25) is 0 Å². The van der Waals surface area contributed by atoms with E-state index in [-0.39, 0.29) is 5.91 Å². The molecule has 1 fully saturated rings. The molecule has 1 saturated carbocycles. The Morgan fingerprint density at radius 1 is 1.47 bits per heavy atom. The molecule has 1 aromatic carbocycles. The molecule has 1 aliphatic rings. The Bertz CT molecular complexity index is 604. The number of carbonyl (C=O) groups is 1. The maximum atomic E-state index is 11.8. The molecule has 0 saturated heterocycles. The highest BCUT2D eigenvalue weighted by Gasteiger charge is 2.20. The topological polar surface area (TPSA) is 54.0 Å². The lowest BCUT2D eigenvalue weighted by molar-refractivity contribution is -0.115. The number of rotatable bonds is 5. The lowest BCUT2D eigenvalue weighted by atomic mass is 10.3. The molecule has 4 nitrogen and oxygen atoms in total. The number of aromatic nitrogens is 1. The fourth-order valence-corrected chi connectivity index (χ4v) is 2.90. The van der Waals surface area contributed by atoms with Crippen LogP contribution in [0.1, 0.15) is 17.8 Å². The number of nitrogens with one attached hydrogen (secondary N) is 2. The molecule has 0 radical (unpaired) electrons. The summed E-state index contributed by atoms with van der Waals surface area (Å²) in [5, 5.41) is 7.15. The molecule has 1 heterocycles. The van der Waals surface area contributed by atoms with Gasteiger partial charge >= 0.3 is 0 Å². The van der Waals surface area contributed by atoms with Crippen molar-refractivity contribution in [3.63, 3.8) is 0 Å². The van der Waals surface area contributed by atoms with Gasteiger partial charge in [-0.1, -0.05) is 0 Å². The van der Waals surface area contributed by atoms with Crippen molar-refractivity contribution in [2.75, 3.05) is 18.4 Å². The number of carbonyl (C=O) groups excluding carboxylic acids is 1. The Kier molecular flexibility index (Phi) is 3.48. The molecule has 1 amide bonds. The van der Waals surface area contributed by atoms with Crippen LogP contribution in [-0.2, 0) is 4.79 Å². The molecule has 100 valence electrons. The second-order valence-corrected chi connectivity index (χ2v) is 6.27. The normalized spacial score (nSPS) is 14.8. The van der Waals surface area contributed by atoms with Gasteiger partial charge in [0, 0.05) is 5.69 Å². The summed E-state index contributed by atoms with van der Waals surface area (Å²) in [7, 11) is 0. The molecular formula is C14H17N3OS. The van der Waals surface area contributed by atoms with Gasteiger partial charge in [0.15, 0.2) is 0 Å². The number of hydrogen-bond acceptors (Lipinski definition) is 4. The van der Waals surface area contributed by atoms with Crippen LogP contribution in [0, 0.1) is 12.8 Å². The molecule has 0 unspecified atom stereocenters. The van der Waals surface area contributed by atoms with E-state index in [0.717, 1.165) is 33.4 Å². The smallest absolute Gasteiger partial charge is 0.238 e. The van der Waals surface area contributed by atoms with Crippen LogP contribution in [0.5, 0.6) is 0 Å². The number of hydrogen-bond donors (Lipinski definition) is 2. The zero-order valence-electron chi connectivity index (χ0n) is 10.9. The monoisotopic (exact) mass is 275 g/mol. The second kappa shape index (κ2) is 5.27. The number of thiazole rings is 1. The lowest BCUT2D eigenvalue weighted by Gasteiger charge is -2.06. The standard InChI is InChI=1S/C14H17N3OS/c1-9-16-12-5-4-11(6-13(12)19-9)17-14(18)8-15-7-10-2-3-10/h4-6,10,15H,2-3,7-8H2,1H3,(H,17,18). The first-order chi connectivity index (χ1) is 9.20. The van der Waals surface area contributed by atoms with E-state index < -0.39 is 0 Å². The van der Waals surface area contributed by atoms with Gasteiger partial charge in [-0.05, 0) is 50.4 Å². The van der Waals surface area contributed by atoms with E-state index in [9.17, 15) is 4.79 Å². The van der Waals surface area contributed by atoms with Gasteiger partial charge in [-0.25, -0.2) is 4.98 Å². The molecule has 2 N–H and O–H groups in total. The quantitative estimate of drug-likeness (QED) is 0.881. The van der Waals surface area contributed by atoms with Crippen LogP contribution in [-0.4, -0.2) is 24.0 Å². The summed E-state index contributed by atoms with van der Waals surface area (Å²) in [6.45, 7) is 3.33. The summed E-state index contributed by atoms with van der Waals surface area (Å²) in [6.07, 6.45) is 2.60. The number of aryl methyl sites for hydroxylation is 1. The second-order valence-electron chi connectivity index (χ2n) is 5.04. The van der Waals surface area contributed by atoms with Gasteiger partial charge in [0.25, 0.3) is 0 Å². The van der Waals surface area contributed by atoms with Gasteiger partial charge in [-0.2, -0.15) is 0 Å². The van der Waals surface area contributed by atoms with Crippen LogP contribution in [0.3, 0.4) is 0 Å². The molecule has 1 aromatic heterocycles. The zero-order valence-corrected chi connectivity index (χ0v) is 11.7. The molecular weight excluding hydrogens is 258 g/mol. The summed E-state index contributed by atoms with van der Waals surface area (Å²) in [5.74, 6) is 0.811. The molecule has 0 atom stereocenters. The number of amides is 1. The van der Waals surface area contributed by atoms with Crippen molar-refractivity contribution < 1.29 is 4.79 Å². The van der Waals surface area contributed by atoms with E-state index in [2.05, 4.69) is 15.6 Å². The van der Waals surface area contributed by atoms with Crippen molar-refractivity contribution >= 4 is 33.1 Å². The van der Waals surface area contributed by atoms with E-state index >= 15 is 0 Å². The number of anilines is 1. The van der Waals surface area contributed by atoms with E-state index in [1.807, 2.05) is 25.1 Å². The van der Waals surface area contributed by atoms with Crippen LogP contribution in [0.15, 0.2) is 18.2 Å². The van der Waals surface area contributed by atoms with Crippen LogP contribution in [0.4, 0.5) is 5.69 Å². The highest BCUT2D eigenvalue weighted by Crippen LogP contribution is 2.27. The average molecular weight is 275 g/mol. The predicted molar refractivity (Wildman–Crippen MR) is 78.6 cm³/mol. The fraction of sp³-hybridized carbons (Fsp3) is 0.429. The van der Waals surface area contributed by atoms with Crippen molar-refractivity contribution in [2.45, 2.75) is 19.8 Å². The van der Waals surface area contributed by atoms with Crippen molar-refractivity contribution in [2.24, 2.45) is 5.92 Å². The van der Waals surface area contributed by atoms with Gasteiger partial charge in [0.05, 0.1) is 21.8 Å². The maximum Gasteiger partial charge on any atom is 0.238 e. The number of benzene rings is 1. The third kappa shape index (κ3) is 3.30. The minimum absolute atomic E-state index is 0.0150. The van der Waals surface area contributed by atoms with E-state index in [1.54, 1.807) is 11.3 Å². The Morgan fingerprint density at radius 3 is 3.11 bits per heavy atom. The molecule has 0 aliphatic heterocycles. The summed E-state index contributed by atoms with van der Waals surface area (Å²) in [4.78, 5) is 16.2. The Hall–Kier alpha value is -1.46. The predicted octanol–water partition coefficient (Wildman–Crippen LogP) is 2.54. The summed E-state index contributed by atoms with van der Waals surface area (Å²) >= 11 is 1.65. The van der Waals surface area contributed by atoms with Crippen molar-refractivity contribution in [1.82, 2.24) is 10.3 Å². The highest BCUT2D eigenvalue weighted by atomic mass is 32.1. The number of fused-ring (bicyclic) bond motifs is 1. The lowest BCUT2D eigenvalue weighted by Crippen LogP contribution is -2.29. The van der Waals surface area contributed by atoms with Crippen molar-refractivity contribution in [1.29, 1.82) is 0 Å². The van der Waals surface area contributed by atoms with Crippen LogP contribution < -0.4 is 10.6 Å². The average Bonchev–Trinajstić information content (AvgIpc) is 3.09. The molecule has 5 heteroatoms. The first-order valence-electron chi connectivity index (χ1n) is 6.58. The molecule has 3 rings (SSSR count). The Labute approximate surface area is 116 Å². The van der Waals surface area contributed by atoms with E-state index in [1.165, 1.54) is 12.8 Å². The van der Waals surface area contributed by atoms with Gasteiger partial charge < -0.3 is 10.6 Å². The zero-order chi connectivity index (χ0) is 13.2. The first kappa shape index (κ1) is 12.6. The minimum atomic E-state index is 0.0150. The van der Waals surface area contributed by atoms with Crippen molar-refractivity contribution in [3.05, 3.63) is 23.2 Å². The SMILES string of the molecule is Cc1nc2ccc(NC(=O)CNCC3CC3)cc2s1. The Balaban J connectivity index is 1.58. The van der Waals surface area contributed by atoms with Gasteiger partial charge in [-0.15, -0.1) is 11.3 Å². The third-order valence-electron chi connectivity index (χ3n) is 3.19. The van der Waals surface area contributed by atoms with Gasteiger partial charge in [0.1, 0.15) is 0 Å². The molecule has 2 aromatic rings. The molecule has 19 heavy (non-hydrogen) atoms. The Morgan fingerprint density at radius 2 is 2.32 bits per heavy atom. The maximum absolute atomic E-state index is 11.8. The van der Waals surface area contributed by atoms with Crippen molar-refractivity contribution in [3.8, 4) is 0 Å². The first-order valence-corrected chi connectivity index (χ1v) is 7.40. The highest BCUT2D eigenvalue weighted by molar-refractivity contribution is 7.18.